The van der Waals surface area contributed by atoms with Crippen LogP contribution in [0.5, 0.6) is 23.0 Å². The molecule has 3 aromatic carbocycles. The summed E-state index contributed by atoms with van der Waals surface area (Å²) in [7, 11) is 1.48. The number of aromatic nitrogens is 1. The van der Waals surface area contributed by atoms with Gasteiger partial charge in [0, 0.05) is 42.0 Å². The number of likely N-dealkylation sites (tertiary alicyclic amines) is 1. The topological polar surface area (TPSA) is 105 Å². The molecular weight excluding hydrogens is 678 g/mol. The number of nitrogens with zero attached hydrogens (tertiary/aromatic N) is 3. The fourth-order valence-corrected chi connectivity index (χ4v) is 7.01. The Kier molecular flexibility index (Phi) is 10.8. The zero-order valence-electron chi connectivity index (χ0n) is 27.3. The third kappa shape index (κ3) is 7.83. The lowest BCUT2D eigenvalue weighted by Gasteiger charge is -2.30. The summed E-state index contributed by atoms with van der Waals surface area (Å²) in [6, 6.07) is 8.57. The molecule has 0 radical (unpaired) electrons. The molecule has 3 heterocycles. The van der Waals surface area contributed by atoms with E-state index >= 15 is 8.78 Å². The maximum absolute atomic E-state index is 15.3. The van der Waals surface area contributed by atoms with Crippen LogP contribution in [0, 0.1) is 29.2 Å². The van der Waals surface area contributed by atoms with E-state index in [1.807, 2.05) is 0 Å². The van der Waals surface area contributed by atoms with E-state index in [1.165, 1.54) is 38.3 Å². The number of rotatable bonds is 11. The van der Waals surface area contributed by atoms with Crippen molar-refractivity contribution in [2.24, 2.45) is 5.92 Å². The van der Waals surface area contributed by atoms with Crippen LogP contribution in [-0.4, -0.2) is 65.9 Å². The Balaban J connectivity index is 1.12. The van der Waals surface area contributed by atoms with Crippen molar-refractivity contribution in [1.82, 2.24) is 20.3 Å². The van der Waals surface area contributed by atoms with Crippen LogP contribution in [0.1, 0.15) is 37.1 Å². The van der Waals surface area contributed by atoms with Crippen LogP contribution in [0.3, 0.4) is 0 Å². The molecule has 15 heteroatoms. The van der Waals surface area contributed by atoms with Gasteiger partial charge in [-0.3, -0.25) is 9.78 Å². The van der Waals surface area contributed by atoms with Gasteiger partial charge in [0.05, 0.1) is 30.5 Å². The lowest BCUT2D eigenvalue weighted by molar-refractivity contribution is -0.130. The average Bonchev–Trinajstić information content (AvgIpc) is 3.43. The molecule has 1 aromatic heterocycles. The van der Waals surface area contributed by atoms with E-state index < -0.39 is 51.9 Å². The van der Waals surface area contributed by atoms with Crippen LogP contribution >= 0.6 is 11.8 Å². The Bertz CT molecular complexity index is 1850. The number of fused-ring (bicyclic) bond motifs is 1. The number of methoxy groups -OCH3 is 1. The van der Waals surface area contributed by atoms with E-state index in [0.717, 1.165) is 73.0 Å². The molecule has 0 bridgehead atoms. The average molecular weight is 714 g/mol. The minimum Gasteiger partial charge on any atom is -0.493 e. The first kappa shape index (κ1) is 35.1. The van der Waals surface area contributed by atoms with Crippen LogP contribution in [0.4, 0.5) is 28.0 Å². The van der Waals surface area contributed by atoms with Gasteiger partial charge in [-0.05, 0) is 62.5 Å². The van der Waals surface area contributed by atoms with Gasteiger partial charge in [-0.2, -0.15) is 0 Å². The molecule has 0 aliphatic carbocycles. The Hall–Kier alpha value is -4.76. The van der Waals surface area contributed by atoms with Gasteiger partial charge in [0.15, 0.2) is 28.9 Å². The molecule has 2 aliphatic heterocycles. The number of hydrazine groups is 1. The highest BCUT2D eigenvalue weighted by Gasteiger charge is 2.37. The zero-order chi connectivity index (χ0) is 35.4. The summed E-state index contributed by atoms with van der Waals surface area (Å²) in [4.78, 5) is 32.0. The van der Waals surface area contributed by atoms with E-state index in [1.54, 1.807) is 12.1 Å². The van der Waals surface area contributed by atoms with Crippen molar-refractivity contribution >= 4 is 40.3 Å². The number of carbonyl (C=O) groups is 2. The van der Waals surface area contributed by atoms with E-state index in [2.05, 4.69) is 27.6 Å². The molecule has 10 nitrogen and oxygen atoms in total. The molecule has 2 N–H and O–H groups in total. The second-order valence-corrected chi connectivity index (χ2v) is 13.1. The lowest BCUT2D eigenvalue weighted by Crippen LogP contribution is -2.46. The Morgan fingerprint density at radius 3 is 2.40 bits per heavy atom. The largest absolute Gasteiger partial charge is 0.493 e. The van der Waals surface area contributed by atoms with Crippen molar-refractivity contribution in [3.63, 3.8) is 0 Å². The van der Waals surface area contributed by atoms with Crippen LogP contribution < -0.4 is 25.0 Å². The molecule has 0 saturated carbocycles. The van der Waals surface area contributed by atoms with E-state index in [9.17, 15) is 18.4 Å². The number of urea groups is 1. The van der Waals surface area contributed by atoms with Gasteiger partial charge < -0.3 is 24.4 Å². The highest BCUT2D eigenvalue weighted by atomic mass is 32.2. The highest BCUT2D eigenvalue weighted by Crippen LogP contribution is 2.41. The first-order valence-electron chi connectivity index (χ1n) is 16.0. The molecule has 1 atom stereocenters. The van der Waals surface area contributed by atoms with Crippen molar-refractivity contribution in [3.05, 3.63) is 83.6 Å². The molecule has 2 fully saturated rings. The summed E-state index contributed by atoms with van der Waals surface area (Å²) in [6.07, 6.45) is 4.67. The normalized spacial score (nSPS) is 16.9. The molecule has 2 aliphatic rings. The summed E-state index contributed by atoms with van der Waals surface area (Å²) < 4.78 is 76.6. The molecule has 50 heavy (non-hydrogen) atoms. The first-order valence-corrected chi connectivity index (χ1v) is 17.1. The summed E-state index contributed by atoms with van der Waals surface area (Å²) in [5.41, 5.74) is 1.94. The first-order chi connectivity index (χ1) is 24.1. The summed E-state index contributed by atoms with van der Waals surface area (Å²) >= 11 is 0.905. The quantitative estimate of drug-likeness (QED) is 0.122. The minimum atomic E-state index is -1.19. The fourth-order valence-electron chi connectivity index (χ4n) is 5.86. The molecular formula is C35H35F4N5O5S. The number of nitrogens with one attached hydrogen (secondary N) is 2. The Morgan fingerprint density at radius 2 is 1.70 bits per heavy atom. The maximum Gasteiger partial charge on any atom is 0.338 e. The monoisotopic (exact) mass is 713 g/mol. The molecule has 1 unspecified atom stereocenters. The number of ether oxygens (including phenoxy) is 3. The second kappa shape index (κ2) is 15.4. The van der Waals surface area contributed by atoms with Crippen molar-refractivity contribution < 1.29 is 41.4 Å². The number of hydrogen-bond acceptors (Lipinski definition) is 8. The number of anilines is 1. The Labute approximate surface area is 290 Å². The van der Waals surface area contributed by atoms with Gasteiger partial charge in [0.1, 0.15) is 22.8 Å². The van der Waals surface area contributed by atoms with E-state index in [4.69, 9.17) is 14.2 Å². The lowest BCUT2D eigenvalue weighted by atomic mass is 9.99. The Morgan fingerprint density at radius 1 is 0.980 bits per heavy atom. The minimum absolute atomic E-state index is 0.0897. The molecule has 3 amide bonds. The number of pyridine rings is 1. The number of piperidine rings is 1. The zero-order valence-corrected chi connectivity index (χ0v) is 28.1. The smallest absolute Gasteiger partial charge is 0.338 e. The van der Waals surface area contributed by atoms with Crippen LogP contribution in [-0.2, 0) is 4.79 Å². The third-order valence-corrected chi connectivity index (χ3v) is 9.72. The van der Waals surface area contributed by atoms with Crippen molar-refractivity contribution in [3.8, 4) is 23.0 Å². The van der Waals surface area contributed by atoms with Gasteiger partial charge in [0.25, 0.3) is 5.91 Å². The third-order valence-electron chi connectivity index (χ3n) is 8.54. The molecule has 0 spiro atoms. The van der Waals surface area contributed by atoms with E-state index in [0.29, 0.717) is 29.0 Å². The number of halogens is 4. The van der Waals surface area contributed by atoms with E-state index in [-0.39, 0.29) is 17.2 Å². The van der Waals surface area contributed by atoms with Crippen LogP contribution in [0.2, 0.25) is 0 Å². The predicted octanol–water partition coefficient (Wildman–Crippen LogP) is 7.40. The number of thioether (sulfide) groups is 1. The number of carbonyl (C=O) groups excluding carboxylic acids is 2. The van der Waals surface area contributed by atoms with Crippen molar-refractivity contribution in [2.45, 2.75) is 31.6 Å². The molecule has 6 rings (SSSR count). The fraction of sp³-hybridized carbons (Fsp3) is 0.343. The molecule has 4 aromatic rings. The van der Waals surface area contributed by atoms with Crippen molar-refractivity contribution in [1.29, 1.82) is 0 Å². The SMILES string of the molecule is COc1cc2c(Oc3c(F)cc(NC(=O)NN4C(=O)CSC4c4c(F)cccc4F)cc3F)ccnc2cc1OCCCN1CCC(C)CC1. The molecule has 264 valence electrons. The summed E-state index contributed by atoms with van der Waals surface area (Å²) in [5, 5.41) is 2.22. The maximum atomic E-state index is 15.3. The van der Waals surface area contributed by atoms with Gasteiger partial charge in [-0.1, -0.05) is 13.0 Å². The van der Waals surface area contributed by atoms with Gasteiger partial charge in [0.2, 0.25) is 0 Å². The number of amides is 3. The van der Waals surface area contributed by atoms with Gasteiger partial charge >= 0.3 is 6.03 Å². The van der Waals surface area contributed by atoms with Crippen LogP contribution in [0.15, 0.2) is 54.7 Å². The molecule has 2 saturated heterocycles. The number of benzene rings is 3. The predicted molar refractivity (Wildman–Crippen MR) is 180 cm³/mol. The second-order valence-electron chi connectivity index (χ2n) is 12.1. The standard InChI is InChI=1S/C35H35F4N5O5S/c1-20-8-12-43(13-9-20)11-4-14-48-30-18-27-22(17-29(30)47-2)28(7-10-40-27)49-33-25(38)15-21(16-26(33)39)41-35(46)42-44-31(45)19-50-34(44)32-23(36)5-3-6-24(32)37/h3,5-7,10,15-18,20,34H,4,8-9,11-14,19H2,1-2H3,(H2,41,42,46). The summed E-state index contributed by atoms with van der Waals surface area (Å²) in [6.45, 7) is 5.86. The van der Waals surface area contributed by atoms with Crippen molar-refractivity contribution in [2.75, 3.05) is 44.4 Å². The van der Waals surface area contributed by atoms with Gasteiger partial charge in [-0.25, -0.2) is 32.8 Å². The number of hydrogen-bond donors (Lipinski definition) is 2. The summed E-state index contributed by atoms with van der Waals surface area (Å²) in [5.74, 6) is -3.87. The van der Waals surface area contributed by atoms with Gasteiger partial charge in [-0.15, -0.1) is 11.8 Å². The highest BCUT2D eigenvalue weighted by molar-refractivity contribution is 8.00. The van der Waals surface area contributed by atoms with Crippen LogP contribution in [0.25, 0.3) is 10.9 Å².